The molecule has 0 bridgehead atoms. The quantitative estimate of drug-likeness (QED) is 0.166. The van der Waals surface area contributed by atoms with Crippen LogP contribution in [0.5, 0.6) is 0 Å². The largest absolute Gasteiger partial charge is 0.456 e. The number of hydrogen-bond acceptors (Lipinski definition) is 3. The molecule has 4 heteroatoms. The minimum absolute atomic E-state index is 0.00506. The number of hydrogen-bond donors (Lipinski definition) is 0. The molecule has 9 aromatic rings. The van der Waals surface area contributed by atoms with Gasteiger partial charge in [0.15, 0.2) is 0 Å². The van der Waals surface area contributed by atoms with Crippen LogP contribution in [0.1, 0.15) is 50.8 Å². The molecule has 0 fully saturated rings. The zero-order chi connectivity index (χ0) is 40.5. The molecule has 8 aromatic carbocycles. The minimum Gasteiger partial charge on any atom is -0.456 e. The lowest BCUT2D eigenvalue weighted by molar-refractivity contribution is 0.403. The molecule has 0 unspecified atom stereocenters. The second-order valence-electron chi connectivity index (χ2n) is 18.5. The molecule has 3 aliphatic rings. The summed E-state index contributed by atoms with van der Waals surface area (Å²) < 4.78 is 6.58. The van der Waals surface area contributed by atoms with Crippen LogP contribution in [0.4, 0.5) is 34.1 Å². The predicted molar refractivity (Wildman–Crippen MR) is 254 cm³/mol. The Labute approximate surface area is 352 Å². The lowest BCUT2D eigenvalue weighted by atomic mass is 9.33. The van der Waals surface area contributed by atoms with Crippen molar-refractivity contribution in [1.82, 2.24) is 0 Å². The second-order valence-corrected chi connectivity index (χ2v) is 18.5. The molecule has 0 spiro atoms. The zero-order valence-corrected chi connectivity index (χ0v) is 34.8. The molecule has 60 heavy (non-hydrogen) atoms. The lowest BCUT2D eigenvalue weighted by Gasteiger charge is -2.45. The van der Waals surface area contributed by atoms with E-state index in [2.05, 4.69) is 214 Å². The monoisotopic (exact) mass is 772 g/mol. The van der Waals surface area contributed by atoms with Crippen LogP contribution in [0.25, 0.3) is 44.2 Å². The lowest BCUT2D eigenvalue weighted by Crippen LogP contribution is -2.61. The van der Waals surface area contributed by atoms with Crippen molar-refractivity contribution in [2.75, 3.05) is 9.80 Å². The van der Waals surface area contributed by atoms with Gasteiger partial charge in [-0.15, -0.1) is 0 Å². The van der Waals surface area contributed by atoms with Gasteiger partial charge in [0, 0.05) is 33.8 Å². The van der Waals surface area contributed by atoms with Crippen LogP contribution >= 0.6 is 0 Å². The highest BCUT2D eigenvalue weighted by molar-refractivity contribution is 7.00. The Morgan fingerprint density at radius 3 is 1.78 bits per heavy atom. The van der Waals surface area contributed by atoms with E-state index in [4.69, 9.17) is 4.42 Å². The van der Waals surface area contributed by atoms with Gasteiger partial charge in [0.1, 0.15) is 11.2 Å². The van der Waals surface area contributed by atoms with Crippen LogP contribution in [-0.2, 0) is 10.8 Å². The molecule has 288 valence electrons. The highest BCUT2D eigenvalue weighted by Crippen LogP contribution is 2.53. The SMILES string of the molecule is Cc1cc2c3c(c1)N(c1cccc4oc5ccccc5c14)c1cc4c(cc1B3c1cc(-c3ccccc3)ccc1N2c1ccc(-c2ccccc2)cc1)C(C)(C)CC4(C)C. The number of rotatable bonds is 4. The van der Waals surface area contributed by atoms with Crippen molar-refractivity contribution in [3.05, 3.63) is 187 Å². The summed E-state index contributed by atoms with van der Waals surface area (Å²) in [6.45, 7) is 12.0. The average molecular weight is 773 g/mol. The maximum atomic E-state index is 6.58. The number of aryl methyl sites for hydroxylation is 1. The number of fused-ring (bicyclic) bond motifs is 8. The third-order valence-corrected chi connectivity index (χ3v) is 13.7. The molecule has 0 saturated carbocycles. The molecule has 0 atom stereocenters. The van der Waals surface area contributed by atoms with Gasteiger partial charge in [-0.25, -0.2) is 0 Å². The Morgan fingerprint density at radius 1 is 0.467 bits per heavy atom. The Hall–Kier alpha value is -6.78. The third kappa shape index (κ3) is 5.10. The fourth-order valence-corrected chi connectivity index (χ4v) is 11.3. The van der Waals surface area contributed by atoms with Crippen molar-refractivity contribution in [3.8, 4) is 22.3 Å². The molecular weight excluding hydrogens is 727 g/mol. The van der Waals surface area contributed by atoms with Crippen LogP contribution in [-0.4, -0.2) is 6.71 Å². The van der Waals surface area contributed by atoms with Crippen molar-refractivity contribution >= 4 is 79.2 Å². The summed E-state index contributed by atoms with van der Waals surface area (Å²) in [5, 5.41) is 2.28. The van der Waals surface area contributed by atoms with E-state index in [-0.39, 0.29) is 17.5 Å². The molecule has 0 radical (unpaired) electrons. The van der Waals surface area contributed by atoms with E-state index in [1.54, 1.807) is 0 Å². The van der Waals surface area contributed by atoms with Gasteiger partial charge in [0.25, 0.3) is 6.71 Å². The van der Waals surface area contributed by atoms with Crippen LogP contribution in [0.3, 0.4) is 0 Å². The molecule has 1 aliphatic carbocycles. The maximum absolute atomic E-state index is 6.58. The fourth-order valence-electron chi connectivity index (χ4n) is 11.3. The van der Waals surface area contributed by atoms with Gasteiger partial charge in [-0.05, 0) is 134 Å². The third-order valence-electron chi connectivity index (χ3n) is 13.7. The molecule has 0 saturated heterocycles. The van der Waals surface area contributed by atoms with E-state index in [9.17, 15) is 0 Å². The molecular formula is C56H45BN2O. The van der Waals surface area contributed by atoms with Gasteiger partial charge in [-0.1, -0.05) is 143 Å². The summed E-state index contributed by atoms with van der Waals surface area (Å²) in [7, 11) is 0. The van der Waals surface area contributed by atoms with Gasteiger partial charge in [-0.3, -0.25) is 0 Å². The predicted octanol–water partition coefficient (Wildman–Crippen LogP) is 13.3. The summed E-state index contributed by atoms with van der Waals surface area (Å²) >= 11 is 0. The standard InChI is InChI=1S/C56H45BN2O/c1-35-29-49-54-50(30-35)59(47-20-14-22-52-53(47)41-19-12-13-21-51(41)60-52)48-33-43-42(55(2,3)34-56(43,4)5)32-45(48)57(54)44-31-39(37-17-10-7-11-18-37)25-28-46(44)58(49)40-26-23-38(24-27-40)36-15-8-6-9-16-36/h6-33H,34H2,1-5H3. The molecule has 12 rings (SSSR count). The summed E-state index contributed by atoms with van der Waals surface area (Å²) in [5.41, 5.74) is 22.1. The molecule has 0 amide bonds. The molecule has 3 heterocycles. The van der Waals surface area contributed by atoms with Gasteiger partial charge in [0.2, 0.25) is 0 Å². The van der Waals surface area contributed by atoms with Gasteiger partial charge in [0.05, 0.1) is 11.1 Å². The Morgan fingerprint density at radius 2 is 1.05 bits per heavy atom. The number of nitrogens with zero attached hydrogens (tertiary/aromatic N) is 2. The van der Waals surface area contributed by atoms with Crippen molar-refractivity contribution < 1.29 is 4.42 Å². The van der Waals surface area contributed by atoms with Crippen LogP contribution in [0.15, 0.2) is 174 Å². The average Bonchev–Trinajstić information content (AvgIpc) is 3.73. The van der Waals surface area contributed by atoms with Gasteiger partial charge < -0.3 is 14.2 Å². The summed E-state index contributed by atoms with van der Waals surface area (Å²) in [6, 6.07) is 63.0. The zero-order valence-electron chi connectivity index (χ0n) is 34.8. The Balaban J connectivity index is 1.19. The molecule has 0 N–H and O–H groups in total. The minimum atomic E-state index is 0.00506. The fraction of sp³-hybridized carbons (Fsp3) is 0.143. The van der Waals surface area contributed by atoms with Crippen LogP contribution in [0, 0.1) is 6.92 Å². The van der Waals surface area contributed by atoms with Crippen LogP contribution in [0.2, 0.25) is 0 Å². The van der Waals surface area contributed by atoms with E-state index < -0.39 is 0 Å². The number of furan rings is 1. The highest BCUT2D eigenvalue weighted by atomic mass is 16.3. The van der Waals surface area contributed by atoms with E-state index in [1.165, 1.54) is 78.1 Å². The van der Waals surface area contributed by atoms with Crippen molar-refractivity contribution in [1.29, 1.82) is 0 Å². The Bertz CT molecular complexity index is 3200. The molecule has 1 aromatic heterocycles. The van der Waals surface area contributed by atoms with E-state index in [0.717, 1.165) is 39.7 Å². The first-order valence-corrected chi connectivity index (χ1v) is 21.3. The first-order valence-electron chi connectivity index (χ1n) is 21.3. The topological polar surface area (TPSA) is 19.6 Å². The summed E-state index contributed by atoms with van der Waals surface area (Å²) in [5.74, 6) is 0. The van der Waals surface area contributed by atoms with Crippen molar-refractivity contribution in [2.45, 2.75) is 51.9 Å². The smallest absolute Gasteiger partial charge is 0.252 e. The second kappa shape index (κ2) is 12.6. The first-order chi connectivity index (χ1) is 29.1. The molecule has 3 nitrogen and oxygen atoms in total. The summed E-state index contributed by atoms with van der Waals surface area (Å²) in [4.78, 5) is 5.12. The van der Waals surface area contributed by atoms with Crippen LogP contribution < -0.4 is 26.2 Å². The number of benzene rings is 8. The number of anilines is 6. The maximum Gasteiger partial charge on any atom is 0.252 e. The molecule has 2 aliphatic heterocycles. The van der Waals surface area contributed by atoms with Crippen molar-refractivity contribution in [3.63, 3.8) is 0 Å². The van der Waals surface area contributed by atoms with Gasteiger partial charge >= 0.3 is 0 Å². The van der Waals surface area contributed by atoms with E-state index in [1.807, 2.05) is 0 Å². The van der Waals surface area contributed by atoms with Crippen molar-refractivity contribution in [2.24, 2.45) is 0 Å². The number of para-hydroxylation sites is 1. The highest BCUT2D eigenvalue weighted by Gasteiger charge is 2.48. The normalized spacial score (nSPS) is 15.5. The first kappa shape index (κ1) is 35.2. The van der Waals surface area contributed by atoms with Gasteiger partial charge in [-0.2, -0.15) is 0 Å². The Kier molecular flexibility index (Phi) is 7.40. The van der Waals surface area contributed by atoms with E-state index in [0.29, 0.717) is 0 Å². The van der Waals surface area contributed by atoms with E-state index >= 15 is 0 Å². The summed E-state index contributed by atoms with van der Waals surface area (Å²) in [6.07, 6.45) is 1.10.